The van der Waals surface area contributed by atoms with E-state index in [0.29, 0.717) is 24.1 Å². The molecule has 2 aromatic carbocycles. The van der Waals surface area contributed by atoms with Crippen LogP contribution in [0.4, 0.5) is 0 Å². The lowest BCUT2D eigenvalue weighted by molar-refractivity contribution is 0.0438. The predicted octanol–water partition coefficient (Wildman–Crippen LogP) is 5.65. The number of aromatic nitrogens is 2. The third kappa shape index (κ3) is 4.64. The quantitative estimate of drug-likeness (QED) is 0.588. The van der Waals surface area contributed by atoms with Gasteiger partial charge >= 0.3 is 0 Å². The molecule has 0 bridgehead atoms. The first-order valence-corrected chi connectivity index (χ1v) is 9.56. The second kappa shape index (κ2) is 8.05. The zero-order valence-corrected chi connectivity index (χ0v) is 16.5. The molecule has 0 saturated carbocycles. The van der Waals surface area contributed by atoms with Crippen molar-refractivity contribution < 1.29 is 9.63 Å². The molecule has 4 heteroatoms. The molecule has 27 heavy (non-hydrogen) atoms. The minimum absolute atomic E-state index is 0.316. The van der Waals surface area contributed by atoms with Crippen LogP contribution in [0.2, 0.25) is 0 Å². The van der Waals surface area contributed by atoms with Crippen LogP contribution in [0.15, 0.2) is 59.4 Å². The van der Waals surface area contributed by atoms with Gasteiger partial charge in [-0.3, -0.25) is 0 Å². The maximum atomic E-state index is 11.1. The van der Waals surface area contributed by atoms with Gasteiger partial charge < -0.3 is 9.63 Å². The summed E-state index contributed by atoms with van der Waals surface area (Å²) in [6.07, 6.45) is 2.92. The minimum Gasteiger partial charge on any atom is -0.385 e. The van der Waals surface area contributed by atoms with Crippen LogP contribution in [0, 0.1) is 0 Å². The number of hydrogen-bond donors (Lipinski definition) is 1. The van der Waals surface area contributed by atoms with Crippen molar-refractivity contribution >= 4 is 0 Å². The highest BCUT2D eigenvalue weighted by atomic mass is 16.5. The number of benzene rings is 2. The van der Waals surface area contributed by atoms with Gasteiger partial charge in [-0.1, -0.05) is 68.4 Å². The van der Waals surface area contributed by atoms with E-state index in [2.05, 4.69) is 55.2 Å². The SMILES string of the molecule is CC(C)c1cccc(C(C)(O)CCC(C)c2cccc(-c3ncon3)c2)c1. The Kier molecular flexibility index (Phi) is 5.76. The number of rotatable bonds is 7. The van der Waals surface area contributed by atoms with Gasteiger partial charge in [0, 0.05) is 5.56 Å². The van der Waals surface area contributed by atoms with Crippen LogP contribution in [0.3, 0.4) is 0 Å². The Morgan fingerprint density at radius 1 is 1.04 bits per heavy atom. The van der Waals surface area contributed by atoms with E-state index in [4.69, 9.17) is 4.52 Å². The maximum absolute atomic E-state index is 11.1. The molecule has 0 aliphatic rings. The Labute approximate surface area is 161 Å². The van der Waals surface area contributed by atoms with Gasteiger partial charge in [-0.25, -0.2) is 0 Å². The number of nitrogens with zero attached hydrogens (tertiary/aromatic N) is 2. The zero-order valence-electron chi connectivity index (χ0n) is 16.5. The summed E-state index contributed by atoms with van der Waals surface area (Å²) < 4.78 is 4.84. The molecule has 0 fully saturated rings. The maximum Gasteiger partial charge on any atom is 0.214 e. The lowest BCUT2D eigenvalue weighted by Crippen LogP contribution is -2.22. The van der Waals surface area contributed by atoms with Gasteiger partial charge in [-0.05, 0) is 54.4 Å². The molecule has 0 spiro atoms. The molecule has 1 N–H and O–H groups in total. The van der Waals surface area contributed by atoms with Crippen molar-refractivity contribution in [3.63, 3.8) is 0 Å². The Morgan fingerprint density at radius 2 is 1.78 bits per heavy atom. The van der Waals surface area contributed by atoms with Gasteiger partial charge in [0.25, 0.3) is 0 Å². The number of hydrogen-bond acceptors (Lipinski definition) is 4. The lowest BCUT2D eigenvalue weighted by atomic mass is 9.84. The molecular weight excluding hydrogens is 336 g/mol. The van der Waals surface area contributed by atoms with Crippen LogP contribution in [0.25, 0.3) is 11.4 Å². The van der Waals surface area contributed by atoms with Crippen LogP contribution in [0.1, 0.15) is 69.1 Å². The van der Waals surface area contributed by atoms with Crippen molar-refractivity contribution in [1.29, 1.82) is 0 Å². The Balaban J connectivity index is 1.70. The zero-order chi connectivity index (χ0) is 19.4. The second-order valence-corrected chi connectivity index (χ2v) is 7.87. The fourth-order valence-electron chi connectivity index (χ4n) is 3.32. The molecule has 1 aromatic heterocycles. The molecule has 0 amide bonds. The average molecular weight is 364 g/mol. The fourth-order valence-corrected chi connectivity index (χ4v) is 3.32. The average Bonchev–Trinajstić information content (AvgIpc) is 3.21. The van der Waals surface area contributed by atoms with E-state index < -0.39 is 5.60 Å². The highest BCUT2D eigenvalue weighted by molar-refractivity contribution is 5.55. The lowest BCUT2D eigenvalue weighted by Gasteiger charge is -2.26. The van der Waals surface area contributed by atoms with Gasteiger partial charge in [-0.2, -0.15) is 4.98 Å². The van der Waals surface area contributed by atoms with E-state index in [9.17, 15) is 5.11 Å². The van der Waals surface area contributed by atoms with Crippen molar-refractivity contribution in [3.05, 3.63) is 71.6 Å². The first-order valence-electron chi connectivity index (χ1n) is 9.56. The molecule has 0 saturated heterocycles. The first kappa shape index (κ1) is 19.3. The van der Waals surface area contributed by atoms with E-state index in [0.717, 1.165) is 17.5 Å². The van der Waals surface area contributed by atoms with Crippen molar-refractivity contribution in [3.8, 4) is 11.4 Å². The summed E-state index contributed by atoms with van der Waals surface area (Å²) in [6, 6.07) is 16.5. The van der Waals surface area contributed by atoms with Crippen molar-refractivity contribution in [2.45, 2.75) is 58.0 Å². The summed E-state index contributed by atoms with van der Waals surface area (Å²) in [6.45, 7) is 8.45. The molecule has 3 aromatic rings. The van der Waals surface area contributed by atoms with Crippen molar-refractivity contribution in [1.82, 2.24) is 10.1 Å². The summed E-state index contributed by atoms with van der Waals surface area (Å²) in [5.41, 5.74) is 3.56. The smallest absolute Gasteiger partial charge is 0.214 e. The molecule has 142 valence electrons. The van der Waals surface area contributed by atoms with Gasteiger partial charge in [0.1, 0.15) is 0 Å². The van der Waals surface area contributed by atoms with Gasteiger partial charge in [0.05, 0.1) is 5.60 Å². The second-order valence-electron chi connectivity index (χ2n) is 7.87. The molecule has 4 nitrogen and oxygen atoms in total. The van der Waals surface area contributed by atoms with E-state index in [1.807, 2.05) is 31.2 Å². The highest BCUT2D eigenvalue weighted by Crippen LogP contribution is 2.33. The summed E-state index contributed by atoms with van der Waals surface area (Å²) in [7, 11) is 0. The largest absolute Gasteiger partial charge is 0.385 e. The molecule has 3 rings (SSSR count). The van der Waals surface area contributed by atoms with Crippen molar-refractivity contribution in [2.75, 3.05) is 0 Å². The molecule has 1 heterocycles. The Bertz CT molecular complexity index is 870. The molecule has 0 aliphatic carbocycles. The van der Waals surface area contributed by atoms with Crippen LogP contribution >= 0.6 is 0 Å². The van der Waals surface area contributed by atoms with Crippen LogP contribution in [-0.2, 0) is 5.60 Å². The Hall–Kier alpha value is -2.46. The normalized spacial score (nSPS) is 14.9. The summed E-state index contributed by atoms with van der Waals surface area (Å²) >= 11 is 0. The molecule has 0 radical (unpaired) electrons. The van der Waals surface area contributed by atoms with E-state index in [1.54, 1.807) is 0 Å². The van der Waals surface area contributed by atoms with E-state index >= 15 is 0 Å². The molecule has 2 unspecified atom stereocenters. The van der Waals surface area contributed by atoms with E-state index in [1.165, 1.54) is 17.5 Å². The molecule has 2 atom stereocenters. The third-order valence-corrected chi connectivity index (χ3v) is 5.31. The van der Waals surface area contributed by atoms with Gasteiger partial charge in [-0.15, -0.1) is 0 Å². The first-order chi connectivity index (χ1) is 12.9. The molecular formula is C23H28N2O2. The molecule has 0 aliphatic heterocycles. The minimum atomic E-state index is -0.843. The summed E-state index contributed by atoms with van der Waals surface area (Å²) in [5, 5.41) is 15.0. The van der Waals surface area contributed by atoms with Crippen LogP contribution in [0.5, 0.6) is 0 Å². The Morgan fingerprint density at radius 3 is 2.48 bits per heavy atom. The van der Waals surface area contributed by atoms with E-state index in [-0.39, 0.29) is 0 Å². The van der Waals surface area contributed by atoms with Gasteiger partial charge in [0.15, 0.2) is 0 Å². The highest BCUT2D eigenvalue weighted by Gasteiger charge is 2.24. The third-order valence-electron chi connectivity index (χ3n) is 5.31. The van der Waals surface area contributed by atoms with Crippen LogP contribution < -0.4 is 0 Å². The summed E-state index contributed by atoms with van der Waals surface area (Å²) in [4.78, 5) is 4.12. The van der Waals surface area contributed by atoms with Gasteiger partial charge in [0.2, 0.25) is 12.2 Å². The predicted molar refractivity (Wildman–Crippen MR) is 107 cm³/mol. The monoisotopic (exact) mass is 364 g/mol. The van der Waals surface area contributed by atoms with Crippen LogP contribution in [-0.4, -0.2) is 15.2 Å². The van der Waals surface area contributed by atoms with Crippen molar-refractivity contribution in [2.24, 2.45) is 0 Å². The summed E-state index contributed by atoms with van der Waals surface area (Å²) in [5.74, 6) is 1.37. The number of aliphatic hydroxyl groups is 1. The standard InChI is InChI=1S/C23H28N2O2/c1-16(2)18-7-6-10-21(14-18)23(4,26)12-11-17(3)19-8-5-9-20(13-19)22-24-15-27-25-22/h5-10,13-17,26H,11-12H2,1-4H3. The fraction of sp³-hybridized carbons (Fsp3) is 0.391. The topological polar surface area (TPSA) is 59.2 Å².